The van der Waals surface area contributed by atoms with Crippen LogP contribution in [0.25, 0.3) is 0 Å². The molecule has 1 amide bonds. The minimum Gasteiger partial charge on any atom is -0.444 e. The van der Waals surface area contributed by atoms with Crippen LogP contribution in [0.2, 0.25) is 18.1 Å². The summed E-state index contributed by atoms with van der Waals surface area (Å²) >= 11 is 0. The fraction of sp³-hybridized carbons (Fsp3) is 0.722. The summed E-state index contributed by atoms with van der Waals surface area (Å²) in [6.45, 7) is 17.7. The van der Waals surface area contributed by atoms with Gasteiger partial charge in [0, 0.05) is 0 Å². The van der Waals surface area contributed by atoms with E-state index in [1.807, 2.05) is 0 Å². The van der Waals surface area contributed by atoms with Crippen LogP contribution >= 0.6 is 0 Å². The Bertz CT molecular complexity index is 628. The van der Waals surface area contributed by atoms with E-state index >= 15 is 0 Å². The summed E-state index contributed by atoms with van der Waals surface area (Å²) < 4.78 is 17.2. The number of alkyl carbamates (subject to hydrolysis) is 1. The maximum Gasteiger partial charge on any atom is 0.407 e. The lowest BCUT2D eigenvalue weighted by Gasteiger charge is -2.40. The summed E-state index contributed by atoms with van der Waals surface area (Å²) in [6, 6.07) is -0.461. The molecule has 26 heavy (non-hydrogen) atoms. The number of ether oxygens (including phenoxy) is 1. The Morgan fingerprint density at radius 3 is 2.27 bits per heavy atom. The second-order valence-corrected chi connectivity index (χ2v) is 13.7. The van der Waals surface area contributed by atoms with Gasteiger partial charge in [0.25, 0.3) is 0 Å². The van der Waals surface area contributed by atoms with Gasteiger partial charge in [-0.15, -0.1) is 0 Å². The predicted octanol–water partition coefficient (Wildman–Crippen LogP) is 4.46. The van der Waals surface area contributed by atoms with E-state index in [4.69, 9.17) is 13.6 Å². The van der Waals surface area contributed by atoms with Gasteiger partial charge in [-0.25, -0.2) is 9.78 Å². The highest BCUT2D eigenvalue weighted by Gasteiger charge is 2.42. The van der Waals surface area contributed by atoms with Crippen molar-refractivity contribution in [2.24, 2.45) is 0 Å². The van der Waals surface area contributed by atoms with Crippen LogP contribution in [0.1, 0.15) is 71.0 Å². The van der Waals surface area contributed by atoms with Gasteiger partial charge in [0.05, 0.1) is 12.2 Å². The van der Waals surface area contributed by atoms with E-state index < -0.39 is 32.2 Å². The summed E-state index contributed by atoms with van der Waals surface area (Å²) in [5.41, 5.74) is -0.604. The minimum atomic E-state index is -2.19. The van der Waals surface area contributed by atoms with Crippen LogP contribution in [0.3, 0.4) is 0 Å². The molecule has 1 N–H and O–H groups in total. The molecule has 2 atom stereocenters. The normalized spacial score (nSPS) is 15.3. The van der Waals surface area contributed by atoms with Crippen molar-refractivity contribution >= 4 is 20.7 Å². The van der Waals surface area contributed by atoms with Crippen molar-refractivity contribution in [3.8, 4) is 0 Å². The number of oxazole rings is 1. The van der Waals surface area contributed by atoms with Crippen LogP contribution in [0.5, 0.6) is 0 Å². The van der Waals surface area contributed by atoms with Crippen LogP contribution in [-0.2, 0) is 9.16 Å². The number of carbonyl (C=O) groups excluding carboxylic acids is 2. The maximum absolute atomic E-state index is 12.1. The Kier molecular flexibility index (Phi) is 6.81. The number of hydrogen-bond donors (Lipinski definition) is 1. The highest BCUT2D eigenvalue weighted by molar-refractivity contribution is 6.74. The fourth-order valence-electron chi connectivity index (χ4n) is 1.92. The molecular formula is C18H32N2O5Si. The van der Waals surface area contributed by atoms with Gasteiger partial charge in [-0.2, -0.15) is 0 Å². The Balaban J connectivity index is 3.07. The standard InChI is InChI=1S/C18H32N2O5Si/c1-12(20-16(22)24-17(2,3)4)14(15-19-10-13(11-21)23-15)25-26(8,9)18(5,6)7/h10-12,14H,1-9H3,(H,20,22)/t12-,14?/m0/s1. The first-order chi connectivity index (χ1) is 11.7. The SMILES string of the molecule is C[C@H](NC(=O)OC(C)(C)C)C(O[Si](C)(C)C(C)(C)C)c1ncc(C=O)o1. The molecular weight excluding hydrogens is 352 g/mol. The lowest BCUT2D eigenvalue weighted by atomic mass is 10.2. The zero-order valence-electron chi connectivity index (χ0n) is 17.3. The van der Waals surface area contributed by atoms with E-state index in [0.717, 1.165) is 0 Å². The summed E-state index contributed by atoms with van der Waals surface area (Å²) in [7, 11) is -2.19. The smallest absolute Gasteiger partial charge is 0.407 e. The van der Waals surface area contributed by atoms with Gasteiger partial charge >= 0.3 is 6.09 Å². The summed E-state index contributed by atoms with van der Waals surface area (Å²) in [5, 5.41) is 2.74. The average molecular weight is 385 g/mol. The second kappa shape index (κ2) is 7.92. The summed E-state index contributed by atoms with van der Waals surface area (Å²) in [5.74, 6) is 0.383. The molecule has 8 heteroatoms. The van der Waals surface area contributed by atoms with E-state index in [-0.39, 0.29) is 16.7 Å². The first-order valence-corrected chi connectivity index (χ1v) is 11.7. The molecule has 1 rings (SSSR count). The third kappa shape index (κ3) is 6.24. The van der Waals surface area contributed by atoms with E-state index in [0.29, 0.717) is 6.29 Å². The first kappa shape index (κ1) is 22.4. The number of hydrogen-bond acceptors (Lipinski definition) is 6. The van der Waals surface area contributed by atoms with Crippen molar-refractivity contribution in [3.63, 3.8) is 0 Å². The molecule has 1 unspecified atom stereocenters. The first-order valence-electron chi connectivity index (χ1n) is 8.74. The van der Waals surface area contributed by atoms with E-state index in [2.05, 4.69) is 44.2 Å². The lowest BCUT2D eigenvalue weighted by molar-refractivity contribution is 0.0421. The molecule has 0 aliphatic rings. The van der Waals surface area contributed by atoms with Crippen molar-refractivity contribution in [1.29, 1.82) is 0 Å². The Morgan fingerprint density at radius 2 is 1.85 bits per heavy atom. The van der Waals surface area contributed by atoms with Crippen molar-refractivity contribution in [2.45, 2.75) is 84.3 Å². The Hall–Kier alpha value is -1.67. The van der Waals surface area contributed by atoms with Gasteiger partial charge in [-0.05, 0) is 45.8 Å². The third-order valence-electron chi connectivity index (χ3n) is 4.33. The average Bonchev–Trinajstić information content (AvgIpc) is 2.89. The topological polar surface area (TPSA) is 90.7 Å². The highest BCUT2D eigenvalue weighted by atomic mass is 28.4. The molecule has 0 aromatic carbocycles. The molecule has 1 aromatic rings. The van der Waals surface area contributed by atoms with Gasteiger partial charge in [0.15, 0.2) is 20.4 Å². The van der Waals surface area contributed by atoms with Crippen LogP contribution in [0.15, 0.2) is 10.6 Å². The molecule has 0 saturated carbocycles. The summed E-state index contributed by atoms with van der Waals surface area (Å²) in [4.78, 5) is 27.2. The van der Waals surface area contributed by atoms with Crippen molar-refractivity contribution in [3.05, 3.63) is 17.8 Å². The molecule has 0 fully saturated rings. The summed E-state index contributed by atoms with van der Waals surface area (Å²) in [6.07, 6.45) is 0.768. The molecule has 0 aliphatic carbocycles. The molecule has 148 valence electrons. The van der Waals surface area contributed by atoms with Gasteiger partial charge in [0.1, 0.15) is 11.7 Å². The quantitative estimate of drug-likeness (QED) is 0.575. The van der Waals surface area contributed by atoms with Crippen molar-refractivity contribution in [2.75, 3.05) is 0 Å². The molecule has 0 saturated heterocycles. The zero-order chi connectivity index (χ0) is 20.3. The van der Waals surface area contributed by atoms with Crippen molar-refractivity contribution < 1.29 is 23.2 Å². The van der Waals surface area contributed by atoms with Crippen molar-refractivity contribution in [1.82, 2.24) is 10.3 Å². The largest absolute Gasteiger partial charge is 0.444 e. The minimum absolute atomic E-state index is 0.0447. The van der Waals surface area contributed by atoms with Crippen LogP contribution in [0, 0.1) is 0 Å². The van der Waals surface area contributed by atoms with Crippen LogP contribution in [-0.4, -0.2) is 37.3 Å². The Labute approximate surface area is 157 Å². The Morgan fingerprint density at radius 1 is 1.27 bits per heavy atom. The third-order valence-corrected chi connectivity index (χ3v) is 8.78. The number of aromatic nitrogens is 1. The number of rotatable bonds is 6. The molecule has 0 radical (unpaired) electrons. The molecule has 1 aromatic heterocycles. The number of nitrogens with zero attached hydrogens (tertiary/aromatic N) is 1. The van der Waals surface area contributed by atoms with E-state index in [1.54, 1.807) is 27.7 Å². The second-order valence-electron chi connectivity index (χ2n) is 8.95. The number of nitrogens with one attached hydrogen (secondary N) is 1. The maximum atomic E-state index is 12.1. The monoisotopic (exact) mass is 384 g/mol. The lowest BCUT2D eigenvalue weighted by Crippen LogP contribution is -2.47. The van der Waals surface area contributed by atoms with Gasteiger partial charge in [0.2, 0.25) is 5.89 Å². The van der Waals surface area contributed by atoms with Crippen LogP contribution in [0.4, 0.5) is 4.79 Å². The number of aldehydes is 1. The molecule has 1 heterocycles. The van der Waals surface area contributed by atoms with E-state index in [1.165, 1.54) is 6.20 Å². The highest BCUT2D eigenvalue weighted by Crippen LogP contribution is 2.40. The molecule has 0 aliphatic heterocycles. The molecule has 7 nitrogen and oxygen atoms in total. The van der Waals surface area contributed by atoms with Crippen LogP contribution < -0.4 is 5.32 Å². The number of amides is 1. The van der Waals surface area contributed by atoms with Gasteiger partial charge < -0.3 is 18.9 Å². The zero-order valence-corrected chi connectivity index (χ0v) is 18.3. The predicted molar refractivity (Wildman–Crippen MR) is 102 cm³/mol. The number of carbonyl (C=O) groups is 2. The molecule has 0 spiro atoms. The van der Waals surface area contributed by atoms with E-state index in [9.17, 15) is 9.59 Å². The van der Waals surface area contributed by atoms with Gasteiger partial charge in [-0.3, -0.25) is 4.79 Å². The molecule has 0 bridgehead atoms. The van der Waals surface area contributed by atoms with Gasteiger partial charge in [-0.1, -0.05) is 20.8 Å². The fourth-order valence-corrected chi connectivity index (χ4v) is 3.21.